The average Bonchev–Trinajstić information content (AvgIpc) is 2.81. The highest BCUT2D eigenvalue weighted by Gasteiger charge is 2.45. The summed E-state index contributed by atoms with van der Waals surface area (Å²) in [5.74, 6) is -0.763. The van der Waals surface area contributed by atoms with Gasteiger partial charge in [0.1, 0.15) is 23.5 Å². The Balaban J connectivity index is 2.48. The van der Waals surface area contributed by atoms with E-state index in [9.17, 15) is 4.79 Å². The van der Waals surface area contributed by atoms with Gasteiger partial charge in [-0.05, 0) is 17.4 Å². The molecule has 1 aliphatic rings. The summed E-state index contributed by atoms with van der Waals surface area (Å²) < 4.78 is 0. The van der Waals surface area contributed by atoms with Crippen LogP contribution in [-0.2, 0) is 16.5 Å². The fourth-order valence-electron chi connectivity index (χ4n) is 3.31. The third-order valence-corrected chi connectivity index (χ3v) is 4.81. The Morgan fingerprint density at radius 2 is 1.74 bits per heavy atom. The Labute approximate surface area is 147 Å². The number of nitrogens with one attached hydrogen (secondary N) is 1. The molecule has 0 saturated carbocycles. The van der Waals surface area contributed by atoms with Gasteiger partial charge in [-0.3, -0.25) is 4.79 Å². The van der Waals surface area contributed by atoms with Crippen molar-refractivity contribution in [3.63, 3.8) is 0 Å². The minimum absolute atomic E-state index is 0.0296. The fraction of sp³-hybridized carbons (Fsp3) is 0.308. The maximum absolute atomic E-state index is 12.0. The van der Waals surface area contributed by atoms with Crippen LogP contribution in [0.15, 0.2) is 0 Å². The van der Waals surface area contributed by atoms with E-state index in [1.54, 1.807) is 0 Å². The van der Waals surface area contributed by atoms with Crippen molar-refractivity contribution in [2.75, 3.05) is 0 Å². The normalized spacial score (nSPS) is 22.8. The molecule has 0 bridgehead atoms. The standard InChI is InChI=1S/C13H7B6ClN2O/c14-5-4-3-1-12(17,18)2-13(19,11(21)23)10(3)22-9(4)7(16)6(15)8(5)20/h22H,1-2H2,(H2,21,23). The van der Waals surface area contributed by atoms with Crippen molar-refractivity contribution in [2.24, 2.45) is 5.73 Å². The minimum Gasteiger partial charge on any atom is -0.370 e. The van der Waals surface area contributed by atoms with Crippen LogP contribution >= 0.6 is 11.6 Å². The highest BCUT2D eigenvalue weighted by molar-refractivity contribution is 6.63. The van der Waals surface area contributed by atoms with Crippen LogP contribution < -0.4 is 22.1 Å². The first-order chi connectivity index (χ1) is 10.5. The number of rotatable bonds is 1. The topological polar surface area (TPSA) is 58.9 Å². The van der Waals surface area contributed by atoms with Gasteiger partial charge in [0.2, 0.25) is 5.91 Å². The zero-order valence-electron chi connectivity index (χ0n) is 12.2. The summed E-state index contributed by atoms with van der Waals surface area (Å²) in [6.07, 6.45) is 0.191. The lowest BCUT2D eigenvalue weighted by atomic mass is 9.40. The molecule has 0 spiro atoms. The lowest BCUT2D eigenvalue weighted by Gasteiger charge is -2.42. The molecule has 1 atom stereocenters. The molecule has 1 aromatic carbocycles. The van der Waals surface area contributed by atoms with Crippen LogP contribution in [0.5, 0.6) is 0 Å². The van der Waals surface area contributed by atoms with Crippen molar-refractivity contribution in [1.82, 2.24) is 4.98 Å². The van der Waals surface area contributed by atoms with E-state index in [0.717, 1.165) is 0 Å². The fourth-order valence-corrected chi connectivity index (χ4v) is 3.51. The Morgan fingerprint density at radius 1 is 1.13 bits per heavy atom. The molecule has 2 aromatic rings. The number of amides is 1. The number of nitrogens with two attached hydrogens (primary N) is 1. The first kappa shape index (κ1) is 16.8. The van der Waals surface area contributed by atoms with E-state index in [-0.39, 0.29) is 34.3 Å². The molecule has 12 radical (unpaired) electrons. The van der Waals surface area contributed by atoms with E-state index in [1.165, 1.54) is 0 Å². The Bertz CT molecular complexity index is 864. The Hall–Kier alpha value is -1.09. The number of carbonyl (C=O) groups is 1. The van der Waals surface area contributed by atoms with Crippen LogP contribution in [0.2, 0.25) is 10.2 Å². The van der Waals surface area contributed by atoms with Crippen molar-refractivity contribution >= 4 is 91.9 Å². The quantitative estimate of drug-likeness (QED) is 0.560. The number of primary amides is 1. The van der Waals surface area contributed by atoms with Crippen molar-refractivity contribution in [3.8, 4) is 0 Å². The van der Waals surface area contributed by atoms with Gasteiger partial charge in [-0.15, -0.1) is 0 Å². The molecule has 1 amide bonds. The Kier molecular flexibility index (Phi) is 3.61. The summed E-state index contributed by atoms with van der Waals surface area (Å²) in [6, 6.07) is 0. The third kappa shape index (κ3) is 2.23. The van der Waals surface area contributed by atoms with Gasteiger partial charge >= 0.3 is 0 Å². The number of hydrogen-bond acceptors (Lipinski definition) is 1. The number of aromatic nitrogens is 1. The van der Waals surface area contributed by atoms with E-state index in [0.29, 0.717) is 22.2 Å². The summed E-state index contributed by atoms with van der Waals surface area (Å²) in [5.41, 5.74) is 7.44. The molecule has 3 nitrogen and oxygen atoms in total. The van der Waals surface area contributed by atoms with Gasteiger partial charge in [0.15, 0.2) is 0 Å². The summed E-state index contributed by atoms with van der Waals surface area (Å²) in [7, 11) is 36.3. The highest BCUT2D eigenvalue weighted by atomic mass is 35.5. The second-order valence-electron chi connectivity index (χ2n) is 6.21. The molecule has 0 saturated heterocycles. The molecule has 1 heterocycles. The first-order valence-electron chi connectivity index (χ1n) is 6.83. The number of benzene rings is 1. The molecule has 1 aliphatic carbocycles. The molecular formula is C13H7B6ClN2O. The Morgan fingerprint density at radius 3 is 2.30 bits per heavy atom. The van der Waals surface area contributed by atoms with Crippen LogP contribution in [0.1, 0.15) is 17.7 Å². The molecule has 10 heteroatoms. The number of halogens is 1. The van der Waals surface area contributed by atoms with Crippen LogP contribution in [0.4, 0.5) is 0 Å². The lowest BCUT2D eigenvalue weighted by molar-refractivity contribution is -0.121. The number of hydrogen-bond donors (Lipinski definition) is 2. The second-order valence-corrected chi connectivity index (χ2v) is 6.58. The van der Waals surface area contributed by atoms with Crippen LogP contribution in [0.3, 0.4) is 0 Å². The van der Waals surface area contributed by atoms with Gasteiger partial charge < -0.3 is 10.7 Å². The number of aromatic amines is 1. The second kappa shape index (κ2) is 4.95. The van der Waals surface area contributed by atoms with Gasteiger partial charge in [0.25, 0.3) is 0 Å². The highest BCUT2D eigenvalue weighted by Crippen LogP contribution is 2.46. The summed E-state index contributed by atoms with van der Waals surface area (Å²) in [6.45, 7) is 0. The van der Waals surface area contributed by atoms with Gasteiger partial charge in [-0.1, -0.05) is 39.6 Å². The average molecular weight is 308 g/mol. The molecule has 100 valence electrons. The van der Waals surface area contributed by atoms with Crippen LogP contribution in [0, 0.1) is 0 Å². The van der Waals surface area contributed by atoms with Gasteiger partial charge in [0, 0.05) is 21.5 Å². The molecular weight excluding hydrogens is 300 g/mol. The number of carbonyl (C=O) groups excluding carboxylic acids is 1. The van der Waals surface area contributed by atoms with Gasteiger partial charge in [-0.25, -0.2) is 0 Å². The predicted octanol–water partition coefficient (Wildman–Crippen LogP) is -2.55. The number of fused-ring (bicyclic) bond motifs is 3. The van der Waals surface area contributed by atoms with Crippen LogP contribution in [-0.4, -0.2) is 58.0 Å². The molecule has 3 rings (SSSR count). The molecule has 0 aliphatic heterocycles. The van der Waals surface area contributed by atoms with Crippen LogP contribution in [0.25, 0.3) is 10.9 Å². The molecule has 23 heavy (non-hydrogen) atoms. The molecule has 1 unspecified atom stereocenters. The minimum atomic E-state index is -1.57. The van der Waals surface area contributed by atoms with Crippen molar-refractivity contribution in [2.45, 2.75) is 23.4 Å². The molecule has 0 fully saturated rings. The third-order valence-electron chi connectivity index (χ3n) is 4.41. The summed E-state index contributed by atoms with van der Waals surface area (Å²) in [4.78, 5) is 15.0. The van der Waals surface area contributed by atoms with Crippen molar-refractivity contribution in [1.29, 1.82) is 0 Å². The van der Waals surface area contributed by atoms with E-state index in [2.05, 4.69) is 4.98 Å². The monoisotopic (exact) mass is 308 g/mol. The van der Waals surface area contributed by atoms with Crippen molar-refractivity contribution < 1.29 is 4.79 Å². The maximum atomic E-state index is 12.0. The SMILES string of the molecule is [B]c1c(Cl)c([B])c2c3c([nH]c2c1[B])C([B])(C(N)=O)CC([B])([B])C3. The predicted molar refractivity (Wildman–Crippen MR) is 98.6 cm³/mol. The largest absolute Gasteiger partial charge is 0.370 e. The molecule has 1 aromatic heterocycles. The van der Waals surface area contributed by atoms with Gasteiger partial charge in [0.05, 0.1) is 23.5 Å². The zero-order valence-corrected chi connectivity index (χ0v) is 13.0. The lowest BCUT2D eigenvalue weighted by Crippen LogP contribution is -2.48. The van der Waals surface area contributed by atoms with Gasteiger partial charge in [-0.2, -0.15) is 0 Å². The summed E-state index contributed by atoms with van der Waals surface area (Å²) >= 11 is 6.14. The van der Waals surface area contributed by atoms with E-state index in [4.69, 9.17) is 64.4 Å². The first-order valence-corrected chi connectivity index (χ1v) is 7.21. The van der Waals surface area contributed by atoms with E-state index >= 15 is 0 Å². The smallest absolute Gasteiger partial charge is 0.220 e. The van der Waals surface area contributed by atoms with E-state index < -0.39 is 16.4 Å². The van der Waals surface area contributed by atoms with E-state index in [1.807, 2.05) is 0 Å². The summed E-state index contributed by atoms with van der Waals surface area (Å²) in [5, 5.41) is -2.17. The maximum Gasteiger partial charge on any atom is 0.220 e. The molecule has 3 N–H and O–H groups in total. The van der Waals surface area contributed by atoms with Crippen molar-refractivity contribution in [3.05, 3.63) is 16.3 Å². The number of H-pyrrole nitrogens is 1. The zero-order chi connectivity index (χ0) is 17.3.